The first kappa shape index (κ1) is 14.8. The Morgan fingerprint density at radius 3 is 2.45 bits per heavy atom. The van der Waals surface area contributed by atoms with Gasteiger partial charge in [-0.15, -0.1) is 0 Å². The summed E-state index contributed by atoms with van der Waals surface area (Å²) in [6.45, 7) is 3.23. The number of carbonyl (C=O) groups is 2. The number of amides is 2. The van der Waals surface area contributed by atoms with Crippen molar-refractivity contribution in [2.45, 2.75) is 18.9 Å². The van der Waals surface area contributed by atoms with Crippen molar-refractivity contribution in [3.8, 4) is 0 Å². The summed E-state index contributed by atoms with van der Waals surface area (Å²) >= 11 is 0. The average Bonchev–Trinajstić information content (AvgIpc) is 3.37. The molecule has 22 heavy (non-hydrogen) atoms. The summed E-state index contributed by atoms with van der Waals surface area (Å²) in [5, 5.41) is 5.49. The van der Waals surface area contributed by atoms with Gasteiger partial charge in [0.25, 0.3) is 5.91 Å². The molecule has 0 spiro atoms. The number of anilines is 1. The molecule has 0 bridgehead atoms. The average molecular weight is 303 g/mol. The number of ether oxygens (including phenoxy) is 1. The number of hydrogen-bond donors (Lipinski definition) is 2. The molecule has 1 aliphatic carbocycles. The zero-order valence-corrected chi connectivity index (χ0v) is 12.5. The second-order valence-corrected chi connectivity index (χ2v) is 5.67. The highest BCUT2D eigenvalue weighted by molar-refractivity contribution is 5.96. The summed E-state index contributed by atoms with van der Waals surface area (Å²) in [5.74, 6) is -0.347. The van der Waals surface area contributed by atoms with Crippen LogP contribution in [0.3, 0.4) is 0 Å². The van der Waals surface area contributed by atoms with Gasteiger partial charge in [-0.3, -0.25) is 9.59 Å². The number of carbonyl (C=O) groups excluding carboxylic acids is 2. The van der Waals surface area contributed by atoms with E-state index in [0.717, 1.165) is 44.8 Å². The van der Waals surface area contributed by atoms with E-state index in [-0.39, 0.29) is 18.4 Å². The van der Waals surface area contributed by atoms with Crippen molar-refractivity contribution in [2.75, 3.05) is 37.7 Å². The SMILES string of the molecule is O=C(CNC(=O)c1ccc(N2CCOCC2)cc1)NC1CC1. The Morgan fingerprint density at radius 2 is 1.82 bits per heavy atom. The summed E-state index contributed by atoms with van der Waals surface area (Å²) in [4.78, 5) is 25.8. The second-order valence-electron chi connectivity index (χ2n) is 5.67. The van der Waals surface area contributed by atoms with E-state index in [2.05, 4.69) is 15.5 Å². The lowest BCUT2D eigenvalue weighted by molar-refractivity contribution is -0.120. The molecule has 1 aromatic rings. The minimum absolute atomic E-state index is 0.0283. The molecule has 118 valence electrons. The van der Waals surface area contributed by atoms with Crippen LogP contribution in [0, 0.1) is 0 Å². The van der Waals surface area contributed by atoms with E-state index in [1.54, 1.807) is 12.1 Å². The third-order valence-corrected chi connectivity index (χ3v) is 3.86. The van der Waals surface area contributed by atoms with Gasteiger partial charge in [0.05, 0.1) is 19.8 Å². The fourth-order valence-corrected chi connectivity index (χ4v) is 2.41. The van der Waals surface area contributed by atoms with Crippen molar-refractivity contribution >= 4 is 17.5 Å². The molecular formula is C16H21N3O3. The fraction of sp³-hybridized carbons (Fsp3) is 0.500. The molecule has 1 aliphatic heterocycles. The predicted molar refractivity (Wildman–Crippen MR) is 83.0 cm³/mol. The molecule has 0 atom stereocenters. The fourth-order valence-electron chi connectivity index (χ4n) is 2.41. The molecule has 2 N–H and O–H groups in total. The van der Waals surface area contributed by atoms with Gasteiger partial charge >= 0.3 is 0 Å². The Morgan fingerprint density at radius 1 is 1.14 bits per heavy atom. The van der Waals surface area contributed by atoms with Crippen LogP contribution in [-0.2, 0) is 9.53 Å². The largest absolute Gasteiger partial charge is 0.378 e. The van der Waals surface area contributed by atoms with Gasteiger partial charge in [0.15, 0.2) is 0 Å². The van der Waals surface area contributed by atoms with E-state index in [1.807, 2.05) is 12.1 Å². The van der Waals surface area contributed by atoms with Crippen LogP contribution in [0.1, 0.15) is 23.2 Å². The quantitative estimate of drug-likeness (QED) is 0.832. The van der Waals surface area contributed by atoms with Gasteiger partial charge in [0.1, 0.15) is 0 Å². The first-order valence-electron chi connectivity index (χ1n) is 7.73. The molecule has 0 unspecified atom stereocenters. The molecule has 2 fully saturated rings. The van der Waals surface area contributed by atoms with Crippen molar-refractivity contribution < 1.29 is 14.3 Å². The number of morpholine rings is 1. The maximum Gasteiger partial charge on any atom is 0.251 e. The molecule has 6 heteroatoms. The summed E-state index contributed by atoms with van der Waals surface area (Å²) < 4.78 is 5.33. The van der Waals surface area contributed by atoms with Gasteiger partial charge in [-0.05, 0) is 37.1 Å². The first-order valence-corrected chi connectivity index (χ1v) is 7.73. The van der Waals surface area contributed by atoms with Crippen LogP contribution in [0.5, 0.6) is 0 Å². The van der Waals surface area contributed by atoms with Crippen molar-refractivity contribution in [1.82, 2.24) is 10.6 Å². The Balaban J connectivity index is 1.50. The van der Waals surface area contributed by atoms with E-state index in [9.17, 15) is 9.59 Å². The van der Waals surface area contributed by atoms with Gasteiger partial charge in [-0.25, -0.2) is 0 Å². The molecular weight excluding hydrogens is 282 g/mol. The maximum absolute atomic E-state index is 12.0. The second kappa shape index (κ2) is 6.79. The standard InChI is InChI=1S/C16H21N3O3/c20-15(18-13-3-4-13)11-17-16(21)12-1-5-14(6-2-12)19-7-9-22-10-8-19/h1-2,5-6,13H,3-4,7-11H2,(H,17,21)(H,18,20). The molecule has 1 saturated heterocycles. The first-order chi connectivity index (χ1) is 10.7. The van der Waals surface area contributed by atoms with Crippen LogP contribution in [0.4, 0.5) is 5.69 Å². The lowest BCUT2D eigenvalue weighted by Crippen LogP contribution is -2.38. The topological polar surface area (TPSA) is 70.7 Å². The zero-order chi connectivity index (χ0) is 15.4. The summed E-state index contributed by atoms with van der Waals surface area (Å²) in [6, 6.07) is 7.77. The lowest BCUT2D eigenvalue weighted by atomic mass is 10.1. The molecule has 3 rings (SSSR count). The van der Waals surface area contributed by atoms with Gasteiger partial charge in [0, 0.05) is 30.4 Å². The molecule has 1 heterocycles. The number of hydrogen-bond acceptors (Lipinski definition) is 4. The van der Waals surface area contributed by atoms with E-state index in [1.165, 1.54) is 0 Å². The Hall–Kier alpha value is -2.08. The predicted octanol–water partition coefficient (Wildman–Crippen LogP) is 0.532. The van der Waals surface area contributed by atoms with E-state index in [4.69, 9.17) is 4.74 Å². The van der Waals surface area contributed by atoms with E-state index in [0.29, 0.717) is 11.6 Å². The molecule has 1 saturated carbocycles. The normalized spacial score (nSPS) is 17.9. The lowest BCUT2D eigenvalue weighted by Gasteiger charge is -2.28. The van der Waals surface area contributed by atoms with E-state index < -0.39 is 0 Å². The third-order valence-electron chi connectivity index (χ3n) is 3.86. The highest BCUT2D eigenvalue weighted by Crippen LogP contribution is 2.18. The number of benzene rings is 1. The minimum Gasteiger partial charge on any atom is -0.378 e. The molecule has 2 aliphatic rings. The number of nitrogens with zero attached hydrogens (tertiary/aromatic N) is 1. The molecule has 1 aromatic carbocycles. The monoisotopic (exact) mass is 303 g/mol. The summed E-state index contributed by atoms with van der Waals surface area (Å²) in [6.07, 6.45) is 2.09. The van der Waals surface area contributed by atoms with Gasteiger partial charge in [0.2, 0.25) is 5.91 Å². The maximum atomic E-state index is 12.0. The van der Waals surface area contributed by atoms with Gasteiger partial charge in [-0.1, -0.05) is 0 Å². The third kappa shape index (κ3) is 3.98. The Kier molecular flexibility index (Phi) is 4.58. The van der Waals surface area contributed by atoms with Crippen molar-refractivity contribution in [2.24, 2.45) is 0 Å². The number of nitrogens with one attached hydrogen (secondary N) is 2. The molecule has 0 radical (unpaired) electrons. The van der Waals surface area contributed by atoms with Gasteiger partial charge in [-0.2, -0.15) is 0 Å². The number of rotatable bonds is 5. The Labute approximate surface area is 129 Å². The van der Waals surface area contributed by atoms with Crippen LogP contribution in [0.25, 0.3) is 0 Å². The van der Waals surface area contributed by atoms with Crippen molar-refractivity contribution in [3.05, 3.63) is 29.8 Å². The summed E-state index contributed by atoms with van der Waals surface area (Å²) in [7, 11) is 0. The van der Waals surface area contributed by atoms with Crippen LogP contribution < -0.4 is 15.5 Å². The zero-order valence-electron chi connectivity index (χ0n) is 12.5. The summed E-state index contributed by atoms with van der Waals surface area (Å²) in [5.41, 5.74) is 1.66. The van der Waals surface area contributed by atoms with E-state index >= 15 is 0 Å². The highest BCUT2D eigenvalue weighted by atomic mass is 16.5. The van der Waals surface area contributed by atoms with Crippen molar-refractivity contribution in [3.63, 3.8) is 0 Å². The molecule has 2 amide bonds. The van der Waals surface area contributed by atoms with Crippen LogP contribution in [0.15, 0.2) is 24.3 Å². The van der Waals surface area contributed by atoms with Crippen LogP contribution >= 0.6 is 0 Å². The minimum atomic E-state index is -0.223. The highest BCUT2D eigenvalue weighted by Gasteiger charge is 2.23. The van der Waals surface area contributed by atoms with Crippen LogP contribution in [-0.4, -0.2) is 50.7 Å². The van der Waals surface area contributed by atoms with Crippen LogP contribution in [0.2, 0.25) is 0 Å². The Bertz CT molecular complexity index is 534. The molecule has 6 nitrogen and oxygen atoms in total. The smallest absolute Gasteiger partial charge is 0.251 e. The molecule has 0 aromatic heterocycles. The van der Waals surface area contributed by atoms with Crippen molar-refractivity contribution in [1.29, 1.82) is 0 Å². The van der Waals surface area contributed by atoms with Gasteiger partial charge < -0.3 is 20.3 Å².